The average Bonchev–Trinajstić information content (AvgIpc) is 3.09. The minimum atomic E-state index is -4.17. The normalized spacial score (nSPS) is 12.6. The standard InChI is InChI=1S/C17H13Cl3FN3O2S2/c1-9(10-4-11(18)6-12(19)5-10)23-15-8-14(21)16(7-13(15)20)28(25,26)24-17-22-2-3-27-17/h2-9,23H,1H3,(H,22,24). The van der Waals surface area contributed by atoms with Crippen LogP contribution in [-0.4, -0.2) is 13.4 Å². The third-order valence-corrected chi connectivity index (χ3v) is 6.64. The summed E-state index contributed by atoms with van der Waals surface area (Å²) < 4.78 is 41.6. The molecule has 1 heterocycles. The molecule has 0 radical (unpaired) electrons. The van der Waals surface area contributed by atoms with Crippen LogP contribution in [0.25, 0.3) is 0 Å². The SMILES string of the molecule is CC(Nc1cc(F)c(S(=O)(=O)Nc2nccs2)cc1Cl)c1cc(Cl)cc(Cl)c1. The minimum Gasteiger partial charge on any atom is -0.377 e. The van der Waals surface area contributed by atoms with Crippen LogP contribution < -0.4 is 10.0 Å². The summed E-state index contributed by atoms with van der Waals surface area (Å²) >= 11 is 19.3. The summed E-state index contributed by atoms with van der Waals surface area (Å²) in [6.45, 7) is 1.81. The lowest BCUT2D eigenvalue weighted by atomic mass is 10.1. The van der Waals surface area contributed by atoms with Crippen molar-refractivity contribution < 1.29 is 12.8 Å². The first-order valence-corrected chi connectivity index (χ1v) is 11.3. The maximum atomic E-state index is 14.6. The average molecular weight is 481 g/mol. The van der Waals surface area contributed by atoms with Crippen molar-refractivity contribution in [2.75, 3.05) is 10.0 Å². The van der Waals surface area contributed by atoms with Crippen molar-refractivity contribution in [3.63, 3.8) is 0 Å². The Kier molecular flexibility index (Phi) is 6.36. The Hall–Kier alpha value is -1.58. The topological polar surface area (TPSA) is 71.1 Å². The molecule has 0 bridgehead atoms. The maximum Gasteiger partial charge on any atom is 0.266 e. The van der Waals surface area contributed by atoms with Gasteiger partial charge < -0.3 is 5.32 Å². The Labute approximate surface area is 180 Å². The monoisotopic (exact) mass is 479 g/mol. The van der Waals surface area contributed by atoms with Crippen molar-refractivity contribution in [1.82, 2.24) is 4.98 Å². The number of anilines is 2. The molecule has 0 amide bonds. The van der Waals surface area contributed by atoms with E-state index in [0.717, 1.165) is 29.0 Å². The molecule has 1 aromatic heterocycles. The molecule has 0 aliphatic rings. The summed E-state index contributed by atoms with van der Waals surface area (Å²) in [7, 11) is -4.17. The van der Waals surface area contributed by atoms with E-state index in [1.165, 1.54) is 6.20 Å². The van der Waals surface area contributed by atoms with Crippen LogP contribution in [0.3, 0.4) is 0 Å². The highest BCUT2D eigenvalue weighted by Gasteiger charge is 2.23. The van der Waals surface area contributed by atoms with Gasteiger partial charge in [-0.25, -0.2) is 17.8 Å². The molecule has 11 heteroatoms. The predicted molar refractivity (Wildman–Crippen MR) is 113 cm³/mol. The first-order valence-electron chi connectivity index (χ1n) is 7.79. The van der Waals surface area contributed by atoms with Crippen LogP contribution in [-0.2, 0) is 10.0 Å². The number of nitrogens with one attached hydrogen (secondary N) is 2. The zero-order valence-electron chi connectivity index (χ0n) is 14.2. The molecule has 0 aliphatic carbocycles. The van der Waals surface area contributed by atoms with E-state index >= 15 is 0 Å². The molecule has 0 aliphatic heterocycles. The third-order valence-electron chi connectivity index (χ3n) is 3.72. The first kappa shape index (κ1) is 21.1. The van der Waals surface area contributed by atoms with Crippen molar-refractivity contribution in [2.24, 2.45) is 0 Å². The van der Waals surface area contributed by atoms with Gasteiger partial charge in [-0.1, -0.05) is 34.8 Å². The number of hydrogen-bond donors (Lipinski definition) is 2. The van der Waals surface area contributed by atoms with Crippen LogP contribution >= 0.6 is 46.1 Å². The number of rotatable bonds is 6. The Bertz CT molecular complexity index is 1090. The van der Waals surface area contributed by atoms with Crippen molar-refractivity contribution >= 4 is 67.0 Å². The van der Waals surface area contributed by atoms with Gasteiger partial charge in [0.05, 0.1) is 10.7 Å². The van der Waals surface area contributed by atoms with E-state index in [0.29, 0.717) is 10.0 Å². The number of sulfonamides is 1. The van der Waals surface area contributed by atoms with Gasteiger partial charge in [0.25, 0.3) is 10.0 Å². The smallest absolute Gasteiger partial charge is 0.266 e. The van der Waals surface area contributed by atoms with E-state index in [1.807, 2.05) is 6.92 Å². The summed E-state index contributed by atoms with van der Waals surface area (Å²) in [4.78, 5) is 3.25. The Morgan fingerprint density at radius 3 is 2.39 bits per heavy atom. The van der Waals surface area contributed by atoms with Crippen LogP contribution in [0.1, 0.15) is 18.5 Å². The van der Waals surface area contributed by atoms with Crippen LogP contribution in [0.15, 0.2) is 46.8 Å². The summed E-state index contributed by atoms with van der Waals surface area (Å²) in [5.41, 5.74) is 0.993. The fourth-order valence-corrected chi connectivity index (χ4v) is 5.13. The highest BCUT2D eigenvalue weighted by Crippen LogP contribution is 2.33. The molecule has 0 spiro atoms. The molecule has 2 N–H and O–H groups in total. The summed E-state index contributed by atoms with van der Waals surface area (Å²) in [5.74, 6) is -0.952. The minimum absolute atomic E-state index is 0.0425. The van der Waals surface area contributed by atoms with Crippen molar-refractivity contribution in [3.8, 4) is 0 Å². The number of benzene rings is 2. The molecule has 3 rings (SSSR count). The largest absolute Gasteiger partial charge is 0.377 e. The highest BCUT2D eigenvalue weighted by molar-refractivity contribution is 7.93. The molecule has 0 fully saturated rings. The first-order chi connectivity index (χ1) is 13.2. The molecular weight excluding hydrogens is 468 g/mol. The molecule has 0 saturated carbocycles. The number of hydrogen-bond acceptors (Lipinski definition) is 5. The lowest BCUT2D eigenvalue weighted by Crippen LogP contribution is -2.15. The van der Waals surface area contributed by atoms with E-state index in [-0.39, 0.29) is 21.9 Å². The number of aromatic nitrogens is 1. The molecule has 0 saturated heterocycles. The van der Waals surface area contributed by atoms with Crippen molar-refractivity contribution in [3.05, 3.63) is 68.4 Å². The maximum absolute atomic E-state index is 14.6. The number of nitrogens with zero attached hydrogens (tertiary/aromatic N) is 1. The number of halogens is 4. The summed E-state index contributed by atoms with van der Waals surface area (Å²) in [5, 5.41) is 5.72. The summed E-state index contributed by atoms with van der Waals surface area (Å²) in [6, 6.07) is 6.79. The van der Waals surface area contributed by atoms with E-state index in [1.54, 1.807) is 23.6 Å². The molecule has 3 aromatic rings. The molecule has 2 aromatic carbocycles. The Morgan fingerprint density at radius 1 is 1.11 bits per heavy atom. The highest BCUT2D eigenvalue weighted by atomic mass is 35.5. The van der Waals surface area contributed by atoms with Gasteiger partial charge in [-0.15, -0.1) is 11.3 Å². The van der Waals surface area contributed by atoms with Crippen LogP contribution in [0, 0.1) is 5.82 Å². The van der Waals surface area contributed by atoms with Gasteiger partial charge in [-0.2, -0.15) is 0 Å². The molecular formula is C17H13Cl3FN3O2S2. The van der Waals surface area contributed by atoms with Gasteiger partial charge in [-0.3, -0.25) is 4.72 Å². The van der Waals surface area contributed by atoms with Crippen LogP contribution in [0.4, 0.5) is 15.2 Å². The van der Waals surface area contributed by atoms with Gasteiger partial charge >= 0.3 is 0 Å². The molecule has 28 heavy (non-hydrogen) atoms. The molecule has 5 nitrogen and oxygen atoms in total. The second-order valence-corrected chi connectivity index (χ2v) is 9.60. The van der Waals surface area contributed by atoms with Crippen molar-refractivity contribution in [1.29, 1.82) is 0 Å². The summed E-state index contributed by atoms with van der Waals surface area (Å²) in [6.07, 6.45) is 1.43. The predicted octanol–water partition coefficient (Wildman–Crippen LogP) is 6.22. The van der Waals surface area contributed by atoms with Crippen molar-refractivity contribution in [2.45, 2.75) is 17.9 Å². The molecule has 148 valence electrons. The van der Waals surface area contributed by atoms with Crippen LogP contribution in [0.5, 0.6) is 0 Å². The van der Waals surface area contributed by atoms with E-state index in [9.17, 15) is 12.8 Å². The van der Waals surface area contributed by atoms with Gasteiger partial charge in [-0.05, 0) is 42.8 Å². The fraction of sp³-hybridized carbons (Fsp3) is 0.118. The Morgan fingerprint density at radius 2 is 1.79 bits per heavy atom. The molecule has 1 unspecified atom stereocenters. The second kappa shape index (κ2) is 8.42. The van der Waals surface area contributed by atoms with E-state index < -0.39 is 20.7 Å². The Balaban J connectivity index is 1.87. The van der Waals surface area contributed by atoms with Gasteiger partial charge in [0.1, 0.15) is 10.7 Å². The molecule has 1 atom stereocenters. The van der Waals surface area contributed by atoms with Gasteiger partial charge in [0.2, 0.25) is 0 Å². The number of thiazole rings is 1. The lowest BCUT2D eigenvalue weighted by molar-refractivity contribution is 0.570. The third kappa shape index (κ3) is 4.87. The van der Waals surface area contributed by atoms with Gasteiger partial charge in [0, 0.05) is 27.7 Å². The zero-order chi connectivity index (χ0) is 20.5. The quantitative estimate of drug-likeness (QED) is 0.439. The lowest BCUT2D eigenvalue weighted by Gasteiger charge is -2.18. The van der Waals surface area contributed by atoms with Gasteiger partial charge in [0.15, 0.2) is 5.13 Å². The zero-order valence-corrected chi connectivity index (χ0v) is 18.1. The second-order valence-electron chi connectivity index (χ2n) is 5.77. The van der Waals surface area contributed by atoms with Crippen LogP contribution in [0.2, 0.25) is 15.1 Å². The van der Waals surface area contributed by atoms with E-state index in [4.69, 9.17) is 34.8 Å². The fourth-order valence-electron chi connectivity index (χ4n) is 2.43. The van der Waals surface area contributed by atoms with E-state index in [2.05, 4.69) is 15.0 Å².